The van der Waals surface area contributed by atoms with Crippen molar-refractivity contribution in [1.82, 2.24) is 9.55 Å². The van der Waals surface area contributed by atoms with Gasteiger partial charge in [0.05, 0.1) is 23.8 Å². The second-order valence-corrected chi connectivity index (χ2v) is 5.31. The van der Waals surface area contributed by atoms with E-state index in [1.54, 1.807) is 4.57 Å². The van der Waals surface area contributed by atoms with E-state index in [4.69, 9.17) is 0 Å². The Morgan fingerprint density at radius 2 is 1.64 bits per heavy atom. The number of hydrogen-bond acceptors (Lipinski definition) is 2. The van der Waals surface area contributed by atoms with E-state index in [9.17, 15) is 4.79 Å². The van der Waals surface area contributed by atoms with Crippen LogP contribution in [-0.4, -0.2) is 9.55 Å². The first kappa shape index (κ1) is 12.8. The van der Waals surface area contributed by atoms with Gasteiger partial charge in [-0.3, -0.25) is 4.79 Å². The third-order valence-corrected chi connectivity index (χ3v) is 3.96. The molecule has 0 fully saturated rings. The largest absolute Gasteiger partial charge is 0.301 e. The van der Waals surface area contributed by atoms with Crippen molar-refractivity contribution >= 4 is 21.8 Å². The summed E-state index contributed by atoms with van der Waals surface area (Å²) >= 11 is 0. The SMILES string of the molecule is O=c1cnc2ccccc2n1Cc1cccc2ccccc12. The number of fused-ring (bicyclic) bond motifs is 2. The van der Waals surface area contributed by atoms with Gasteiger partial charge in [-0.2, -0.15) is 0 Å². The van der Waals surface area contributed by atoms with E-state index < -0.39 is 0 Å². The minimum atomic E-state index is -0.0772. The molecule has 0 radical (unpaired) electrons. The minimum absolute atomic E-state index is 0.0772. The monoisotopic (exact) mass is 286 g/mol. The molecule has 3 aromatic carbocycles. The fourth-order valence-corrected chi connectivity index (χ4v) is 2.88. The number of aromatic nitrogens is 2. The van der Waals surface area contributed by atoms with Gasteiger partial charge in [0, 0.05) is 0 Å². The summed E-state index contributed by atoms with van der Waals surface area (Å²) in [7, 11) is 0. The number of benzene rings is 3. The molecule has 1 heterocycles. The minimum Gasteiger partial charge on any atom is -0.301 e. The number of nitrogens with zero attached hydrogens (tertiary/aromatic N) is 2. The molecular formula is C19H14N2O. The lowest BCUT2D eigenvalue weighted by molar-refractivity contribution is 0.792. The van der Waals surface area contributed by atoms with Gasteiger partial charge in [-0.1, -0.05) is 54.6 Å². The molecule has 1 aromatic heterocycles. The molecule has 0 saturated heterocycles. The number of rotatable bonds is 2. The Kier molecular flexibility index (Phi) is 2.97. The Balaban J connectivity index is 1.93. The summed E-state index contributed by atoms with van der Waals surface area (Å²) in [5.74, 6) is 0. The Bertz CT molecular complexity index is 1030. The van der Waals surface area contributed by atoms with Crippen molar-refractivity contribution in [2.45, 2.75) is 6.54 Å². The molecule has 0 atom stereocenters. The lowest BCUT2D eigenvalue weighted by Crippen LogP contribution is -2.21. The van der Waals surface area contributed by atoms with Crippen molar-refractivity contribution in [3.63, 3.8) is 0 Å². The van der Waals surface area contributed by atoms with Crippen molar-refractivity contribution in [2.75, 3.05) is 0 Å². The first-order valence-electron chi connectivity index (χ1n) is 7.24. The van der Waals surface area contributed by atoms with Crippen LogP contribution in [0, 0.1) is 0 Å². The van der Waals surface area contributed by atoms with Crippen LogP contribution in [0.2, 0.25) is 0 Å². The normalized spacial score (nSPS) is 11.1. The van der Waals surface area contributed by atoms with Crippen LogP contribution in [-0.2, 0) is 6.54 Å². The molecule has 0 aliphatic carbocycles. The molecule has 0 spiro atoms. The average molecular weight is 286 g/mol. The summed E-state index contributed by atoms with van der Waals surface area (Å²) in [6.45, 7) is 0.545. The molecule has 0 unspecified atom stereocenters. The average Bonchev–Trinajstić information content (AvgIpc) is 2.58. The zero-order valence-electron chi connectivity index (χ0n) is 11.9. The lowest BCUT2D eigenvalue weighted by atomic mass is 10.0. The van der Waals surface area contributed by atoms with Gasteiger partial charge in [0.15, 0.2) is 0 Å². The highest BCUT2D eigenvalue weighted by Crippen LogP contribution is 2.20. The van der Waals surface area contributed by atoms with Gasteiger partial charge in [0.2, 0.25) is 0 Å². The molecule has 0 aliphatic heterocycles. The van der Waals surface area contributed by atoms with E-state index in [1.165, 1.54) is 17.0 Å². The molecule has 22 heavy (non-hydrogen) atoms. The molecule has 106 valence electrons. The van der Waals surface area contributed by atoms with Crippen LogP contribution in [0.3, 0.4) is 0 Å². The van der Waals surface area contributed by atoms with Gasteiger partial charge in [0.25, 0.3) is 5.56 Å². The highest BCUT2D eigenvalue weighted by atomic mass is 16.1. The van der Waals surface area contributed by atoms with Gasteiger partial charge in [0.1, 0.15) is 0 Å². The fourth-order valence-electron chi connectivity index (χ4n) is 2.88. The van der Waals surface area contributed by atoms with Crippen molar-refractivity contribution in [2.24, 2.45) is 0 Å². The smallest absolute Gasteiger partial charge is 0.269 e. The van der Waals surface area contributed by atoms with Gasteiger partial charge >= 0.3 is 0 Å². The number of hydrogen-bond donors (Lipinski definition) is 0. The van der Waals surface area contributed by atoms with Gasteiger partial charge in [-0.25, -0.2) is 4.98 Å². The van der Waals surface area contributed by atoms with Gasteiger partial charge < -0.3 is 4.57 Å². The van der Waals surface area contributed by atoms with Crippen LogP contribution in [0.25, 0.3) is 21.8 Å². The van der Waals surface area contributed by atoms with E-state index in [2.05, 4.69) is 29.2 Å². The van der Waals surface area contributed by atoms with Gasteiger partial charge in [-0.05, 0) is 28.5 Å². The highest BCUT2D eigenvalue weighted by molar-refractivity contribution is 5.85. The summed E-state index contributed by atoms with van der Waals surface area (Å²) in [6, 6.07) is 22.2. The van der Waals surface area contributed by atoms with Crippen LogP contribution in [0.5, 0.6) is 0 Å². The molecule has 4 rings (SSSR count). The molecule has 0 bridgehead atoms. The maximum atomic E-state index is 12.3. The fraction of sp³-hybridized carbons (Fsp3) is 0.0526. The Hall–Kier alpha value is -2.94. The lowest BCUT2D eigenvalue weighted by Gasteiger charge is -2.11. The van der Waals surface area contributed by atoms with Crippen molar-refractivity contribution in [3.05, 3.63) is 88.8 Å². The van der Waals surface area contributed by atoms with Crippen LogP contribution in [0.15, 0.2) is 77.7 Å². The zero-order valence-corrected chi connectivity index (χ0v) is 11.9. The third kappa shape index (κ3) is 2.07. The maximum absolute atomic E-state index is 12.3. The zero-order chi connectivity index (χ0) is 14.9. The second kappa shape index (κ2) is 5.11. The van der Waals surface area contributed by atoms with Crippen molar-refractivity contribution in [1.29, 1.82) is 0 Å². The number of para-hydroxylation sites is 2. The summed E-state index contributed by atoms with van der Waals surface area (Å²) in [4.78, 5) is 16.5. The highest BCUT2D eigenvalue weighted by Gasteiger charge is 2.06. The first-order valence-corrected chi connectivity index (χ1v) is 7.24. The summed E-state index contributed by atoms with van der Waals surface area (Å²) in [6.07, 6.45) is 1.40. The molecule has 0 amide bonds. The predicted molar refractivity (Wildman–Crippen MR) is 89.1 cm³/mol. The predicted octanol–water partition coefficient (Wildman–Crippen LogP) is 3.60. The van der Waals surface area contributed by atoms with Crippen LogP contribution < -0.4 is 5.56 Å². The maximum Gasteiger partial charge on any atom is 0.269 e. The Morgan fingerprint density at radius 1 is 0.864 bits per heavy atom. The van der Waals surface area contributed by atoms with Crippen molar-refractivity contribution in [3.8, 4) is 0 Å². The molecule has 0 N–H and O–H groups in total. The molecule has 0 aliphatic rings. The van der Waals surface area contributed by atoms with E-state index in [1.807, 2.05) is 42.5 Å². The second-order valence-electron chi connectivity index (χ2n) is 5.31. The third-order valence-electron chi connectivity index (χ3n) is 3.96. The summed E-state index contributed by atoms with van der Waals surface area (Å²) in [5, 5.41) is 2.37. The summed E-state index contributed by atoms with van der Waals surface area (Å²) in [5.41, 5.74) is 2.76. The molecular weight excluding hydrogens is 272 g/mol. The standard InChI is InChI=1S/C19H14N2O/c22-19-12-20-17-10-3-4-11-18(17)21(19)13-15-8-5-7-14-6-1-2-9-16(14)15/h1-12H,13H2. The van der Waals surface area contributed by atoms with Crippen LogP contribution in [0.4, 0.5) is 0 Å². The Morgan fingerprint density at radius 3 is 2.59 bits per heavy atom. The summed E-state index contributed by atoms with van der Waals surface area (Å²) < 4.78 is 1.78. The Labute approximate surface area is 127 Å². The topological polar surface area (TPSA) is 34.9 Å². The quantitative estimate of drug-likeness (QED) is 0.564. The van der Waals surface area contributed by atoms with E-state index >= 15 is 0 Å². The van der Waals surface area contributed by atoms with Crippen LogP contribution in [0.1, 0.15) is 5.56 Å². The van der Waals surface area contributed by atoms with Gasteiger partial charge in [-0.15, -0.1) is 0 Å². The molecule has 3 nitrogen and oxygen atoms in total. The van der Waals surface area contributed by atoms with E-state index in [0.29, 0.717) is 6.54 Å². The first-order chi connectivity index (χ1) is 10.8. The molecule has 4 aromatic rings. The van der Waals surface area contributed by atoms with E-state index in [-0.39, 0.29) is 5.56 Å². The molecule has 0 saturated carbocycles. The van der Waals surface area contributed by atoms with Crippen LogP contribution >= 0.6 is 0 Å². The van der Waals surface area contributed by atoms with Crippen molar-refractivity contribution < 1.29 is 0 Å². The molecule has 3 heteroatoms. The van der Waals surface area contributed by atoms with E-state index in [0.717, 1.165) is 16.6 Å².